The minimum atomic E-state index is -0.493. The molecular formula is C18H25BrN2O4. The molecule has 0 radical (unpaired) electrons. The summed E-state index contributed by atoms with van der Waals surface area (Å²) in [6.45, 7) is 5.54. The number of anilines is 1. The molecule has 1 aliphatic rings. The first kappa shape index (κ1) is 19.6. The number of carbonyl (C=O) groups is 2. The summed E-state index contributed by atoms with van der Waals surface area (Å²) in [4.78, 5) is 23.4. The first-order valence-electron chi connectivity index (χ1n) is 8.32. The van der Waals surface area contributed by atoms with Gasteiger partial charge in [-0.1, -0.05) is 0 Å². The Labute approximate surface area is 156 Å². The van der Waals surface area contributed by atoms with Gasteiger partial charge in [0.15, 0.2) is 0 Å². The van der Waals surface area contributed by atoms with Crippen LogP contribution in [-0.2, 0) is 9.47 Å². The van der Waals surface area contributed by atoms with Gasteiger partial charge in [-0.2, -0.15) is 0 Å². The molecule has 1 unspecified atom stereocenters. The predicted octanol–water partition coefficient (Wildman–Crippen LogP) is 4.09. The van der Waals surface area contributed by atoms with Crippen LogP contribution in [0.4, 0.5) is 10.5 Å². The normalized spacial score (nSPS) is 20.0. The average Bonchev–Trinajstić information content (AvgIpc) is 2.93. The molecular weight excluding hydrogens is 388 g/mol. The Morgan fingerprint density at radius 3 is 2.48 bits per heavy atom. The van der Waals surface area contributed by atoms with Gasteiger partial charge in [-0.15, -0.1) is 0 Å². The Bertz CT molecular complexity index is 642. The Kier molecular flexibility index (Phi) is 6.32. The number of nitrogens with one attached hydrogen (secondary N) is 2. The topological polar surface area (TPSA) is 76.7 Å². The van der Waals surface area contributed by atoms with Crippen molar-refractivity contribution in [1.82, 2.24) is 5.32 Å². The Morgan fingerprint density at radius 1 is 1.20 bits per heavy atom. The largest absolute Gasteiger partial charge is 0.465 e. The van der Waals surface area contributed by atoms with Crippen LogP contribution in [0.5, 0.6) is 0 Å². The van der Waals surface area contributed by atoms with Gasteiger partial charge in [0.25, 0.3) is 0 Å². The molecule has 2 N–H and O–H groups in total. The van der Waals surface area contributed by atoms with E-state index < -0.39 is 5.60 Å². The zero-order valence-electron chi connectivity index (χ0n) is 15.0. The quantitative estimate of drug-likeness (QED) is 0.728. The van der Waals surface area contributed by atoms with E-state index in [1.54, 1.807) is 12.1 Å². The van der Waals surface area contributed by atoms with Crippen molar-refractivity contribution in [2.45, 2.75) is 57.7 Å². The maximum Gasteiger partial charge on any atom is 0.407 e. The molecule has 1 saturated carbocycles. The second kappa shape index (κ2) is 8.08. The number of halogens is 1. The van der Waals surface area contributed by atoms with Gasteiger partial charge in [0.05, 0.1) is 12.7 Å². The molecule has 1 amide bonds. The lowest BCUT2D eigenvalue weighted by atomic mass is 10.1. The third-order valence-corrected chi connectivity index (χ3v) is 4.56. The van der Waals surface area contributed by atoms with E-state index in [2.05, 4.69) is 26.6 Å². The highest BCUT2D eigenvalue weighted by Gasteiger charge is 2.28. The van der Waals surface area contributed by atoms with E-state index in [0.717, 1.165) is 29.4 Å². The van der Waals surface area contributed by atoms with Crippen LogP contribution in [0.15, 0.2) is 22.7 Å². The lowest BCUT2D eigenvalue weighted by Crippen LogP contribution is -2.38. The van der Waals surface area contributed by atoms with Gasteiger partial charge in [-0.25, -0.2) is 9.59 Å². The fourth-order valence-corrected chi connectivity index (χ4v) is 3.31. The second-order valence-corrected chi connectivity index (χ2v) is 8.04. The van der Waals surface area contributed by atoms with Gasteiger partial charge >= 0.3 is 12.1 Å². The maximum absolute atomic E-state index is 11.9. The molecule has 7 heteroatoms. The van der Waals surface area contributed by atoms with Crippen molar-refractivity contribution >= 4 is 33.7 Å². The third kappa shape index (κ3) is 5.92. The van der Waals surface area contributed by atoms with Crippen LogP contribution in [0.2, 0.25) is 0 Å². The molecule has 0 bridgehead atoms. The molecule has 25 heavy (non-hydrogen) atoms. The third-order valence-electron chi connectivity index (χ3n) is 3.90. The van der Waals surface area contributed by atoms with Crippen molar-refractivity contribution in [3.05, 3.63) is 28.2 Å². The lowest BCUT2D eigenvalue weighted by Gasteiger charge is -2.22. The molecule has 138 valence electrons. The van der Waals surface area contributed by atoms with Crippen molar-refractivity contribution in [3.8, 4) is 0 Å². The van der Waals surface area contributed by atoms with Crippen LogP contribution >= 0.6 is 15.9 Å². The van der Waals surface area contributed by atoms with Gasteiger partial charge in [0.1, 0.15) is 5.60 Å². The number of benzene rings is 1. The predicted molar refractivity (Wildman–Crippen MR) is 99.9 cm³/mol. The molecule has 1 aromatic rings. The fourth-order valence-electron chi connectivity index (χ4n) is 2.81. The highest BCUT2D eigenvalue weighted by Crippen LogP contribution is 2.29. The number of methoxy groups -OCH3 is 1. The SMILES string of the molecule is COC(=O)c1ccc(NC2CC[C@@H](NC(=O)OC(C)(C)C)C2)c(Br)c1. The molecule has 0 aromatic heterocycles. The van der Waals surface area contributed by atoms with Crippen molar-refractivity contribution in [2.75, 3.05) is 12.4 Å². The molecule has 6 nitrogen and oxygen atoms in total. The number of amides is 1. The number of carbonyl (C=O) groups excluding carboxylic acids is 2. The highest BCUT2D eigenvalue weighted by atomic mass is 79.9. The van der Waals surface area contributed by atoms with Crippen LogP contribution in [0.25, 0.3) is 0 Å². The van der Waals surface area contributed by atoms with E-state index in [1.807, 2.05) is 26.8 Å². The van der Waals surface area contributed by atoms with E-state index in [-0.39, 0.29) is 24.1 Å². The molecule has 0 aliphatic heterocycles. The summed E-state index contributed by atoms with van der Waals surface area (Å²) in [5.74, 6) is -0.366. The van der Waals surface area contributed by atoms with Gasteiger partial charge in [0.2, 0.25) is 0 Å². The Hall–Kier alpha value is -1.76. The van der Waals surface area contributed by atoms with Gasteiger partial charge < -0.3 is 20.1 Å². The molecule has 0 spiro atoms. The number of ether oxygens (including phenoxy) is 2. The standard InChI is InChI=1S/C18H25BrN2O4/c1-18(2,3)25-17(23)21-13-7-6-12(10-13)20-15-8-5-11(9-14(15)19)16(22)24-4/h5,8-9,12-13,20H,6-7,10H2,1-4H3,(H,21,23)/t12?,13-/m1/s1. The fraction of sp³-hybridized carbons (Fsp3) is 0.556. The van der Waals surface area contributed by atoms with Crippen molar-refractivity contribution in [3.63, 3.8) is 0 Å². The summed E-state index contributed by atoms with van der Waals surface area (Å²) in [7, 11) is 1.36. The number of esters is 1. The van der Waals surface area contributed by atoms with Crippen LogP contribution in [-0.4, -0.2) is 36.9 Å². The average molecular weight is 413 g/mol. The summed E-state index contributed by atoms with van der Waals surface area (Å²) in [6, 6.07) is 5.66. The van der Waals surface area contributed by atoms with Crippen molar-refractivity contribution in [2.24, 2.45) is 0 Å². The minimum Gasteiger partial charge on any atom is -0.465 e. The van der Waals surface area contributed by atoms with Gasteiger partial charge in [-0.05, 0) is 74.2 Å². The number of hydrogen-bond donors (Lipinski definition) is 2. The van der Waals surface area contributed by atoms with Gasteiger partial charge in [0, 0.05) is 22.2 Å². The second-order valence-electron chi connectivity index (χ2n) is 7.18. The van der Waals surface area contributed by atoms with E-state index in [9.17, 15) is 9.59 Å². The zero-order chi connectivity index (χ0) is 18.6. The zero-order valence-corrected chi connectivity index (χ0v) is 16.6. The Morgan fingerprint density at radius 2 is 1.88 bits per heavy atom. The van der Waals surface area contributed by atoms with Crippen LogP contribution < -0.4 is 10.6 Å². The minimum absolute atomic E-state index is 0.0977. The van der Waals surface area contributed by atoms with Gasteiger partial charge in [-0.3, -0.25) is 0 Å². The Balaban J connectivity index is 1.89. The molecule has 2 rings (SSSR count). The molecule has 0 heterocycles. The van der Waals surface area contributed by atoms with Crippen LogP contribution in [0, 0.1) is 0 Å². The van der Waals surface area contributed by atoms with E-state index >= 15 is 0 Å². The summed E-state index contributed by atoms with van der Waals surface area (Å²) >= 11 is 3.48. The number of rotatable bonds is 4. The summed E-state index contributed by atoms with van der Waals surface area (Å²) in [5, 5.41) is 6.38. The smallest absolute Gasteiger partial charge is 0.407 e. The van der Waals surface area contributed by atoms with Crippen LogP contribution in [0.1, 0.15) is 50.4 Å². The van der Waals surface area contributed by atoms with E-state index in [0.29, 0.717) is 5.56 Å². The summed E-state index contributed by atoms with van der Waals surface area (Å²) < 4.78 is 10.8. The molecule has 0 saturated heterocycles. The molecule has 2 atom stereocenters. The van der Waals surface area contributed by atoms with Crippen LogP contribution in [0.3, 0.4) is 0 Å². The molecule has 1 aromatic carbocycles. The summed E-state index contributed by atoms with van der Waals surface area (Å²) in [6.07, 6.45) is 2.30. The number of alkyl carbamates (subject to hydrolysis) is 1. The monoisotopic (exact) mass is 412 g/mol. The van der Waals surface area contributed by atoms with Crippen molar-refractivity contribution < 1.29 is 19.1 Å². The first-order chi connectivity index (χ1) is 11.7. The van der Waals surface area contributed by atoms with Crippen molar-refractivity contribution in [1.29, 1.82) is 0 Å². The first-order valence-corrected chi connectivity index (χ1v) is 9.11. The molecule has 1 aliphatic carbocycles. The summed E-state index contributed by atoms with van der Waals surface area (Å²) in [5.41, 5.74) is 0.915. The lowest BCUT2D eigenvalue weighted by molar-refractivity contribution is 0.0504. The number of hydrogen-bond acceptors (Lipinski definition) is 5. The van der Waals surface area contributed by atoms with E-state index in [4.69, 9.17) is 9.47 Å². The van der Waals surface area contributed by atoms with E-state index in [1.165, 1.54) is 7.11 Å². The highest BCUT2D eigenvalue weighted by molar-refractivity contribution is 9.10. The molecule has 1 fully saturated rings. The maximum atomic E-state index is 11.9.